The number of rotatable bonds is 0. The Morgan fingerprint density at radius 3 is 2.48 bits per heavy atom. The van der Waals surface area contributed by atoms with Gasteiger partial charge >= 0.3 is 0 Å². The molecule has 2 nitrogen and oxygen atoms in total. The molecule has 0 aromatic carbocycles. The number of ketones is 1. The second kappa shape index (κ2) is 4.93. The summed E-state index contributed by atoms with van der Waals surface area (Å²) in [6.07, 6.45) is 5.88. The van der Waals surface area contributed by atoms with E-state index in [1.807, 2.05) is 0 Å². The zero-order valence-corrected chi connectivity index (χ0v) is 15.9. The van der Waals surface area contributed by atoms with Gasteiger partial charge in [-0.25, -0.2) is 0 Å². The zero-order chi connectivity index (χ0) is 15.6. The van der Waals surface area contributed by atoms with Gasteiger partial charge in [-0.15, -0.1) is 0 Å². The van der Waals surface area contributed by atoms with E-state index in [9.17, 15) is 9.90 Å². The SMILES string of the molecule is CC1CCC23CCC(=O)C2[C@]1(C)CCC(C)(C)[C@@H](O)[C@@H]3I. The van der Waals surface area contributed by atoms with Gasteiger partial charge in [0, 0.05) is 16.3 Å². The predicted octanol–water partition coefficient (Wildman–Crippen LogP) is 4.37. The summed E-state index contributed by atoms with van der Waals surface area (Å²) < 4.78 is 0.202. The van der Waals surface area contributed by atoms with Crippen LogP contribution in [-0.2, 0) is 4.79 Å². The van der Waals surface area contributed by atoms with Crippen LogP contribution in [-0.4, -0.2) is 20.9 Å². The summed E-state index contributed by atoms with van der Waals surface area (Å²) >= 11 is 2.49. The normalized spacial score (nSPS) is 53.0. The lowest BCUT2D eigenvalue weighted by Crippen LogP contribution is -2.58. The van der Waals surface area contributed by atoms with Gasteiger partial charge in [-0.2, -0.15) is 0 Å². The first kappa shape index (κ1) is 16.2. The molecule has 0 heterocycles. The summed E-state index contributed by atoms with van der Waals surface area (Å²) in [5.41, 5.74) is 0.135. The lowest BCUT2D eigenvalue weighted by molar-refractivity contribution is -0.143. The average Bonchev–Trinajstić information content (AvgIpc) is 2.78. The number of aliphatic hydroxyl groups excluding tert-OH is 1. The fourth-order valence-corrected chi connectivity index (χ4v) is 7.59. The second-order valence-corrected chi connectivity index (χ2v) is 10.3. The van der Waals surface area contributed by atoms with E-state index in [-0.39, 0.29) is 32.2 Å². The monoisotopic (exact) mass is 404 g/mol. The lowest BCUT2D eigenvalue weighted by atomic mass is 9.47. The van der Waals surface area contributed by atoms with Gasteiger partial charge in [0.05, 0.1) is 6.10 Å². The molecule has 3 fully saturated rings. The average molecular weight is 404 g/mol. The van der Waals surface area contributed by atoms with Crippen LogP contribution in [0.3, 0.4) is 0 Å². The smallest absolute Gasteiger partial charge is 0.137 e. The van der Waals surface area contributed by atoms with E-state index in [0.717, 1.165) is 32.1 Å². The van der Waals surface area contributed by atoms with Crippen molar-refractivity contribution in [1.82, 2.24) is 0 Å². The van der Waals surface area contributed by atoms with Gasteiger partial charge in [-0.05, 0) is 54.3 Å². The van der Waals surface area contributed by atoms with Crippen LogP contribution in [0.5, 0.6) is 0 Å². The summed E-state index contributed by atoms with van der Waals surface area (Å²) in [6, 6.07) is 0. The molecule has 1 N–H and O–H groups in total. The van der Waals surface area contributed by atoms with Crippen molar-refractivity contribution in [2.24, 2.45) is 28.1 Å². The second-order valence-electron chi connectivity index (χ2n) is 8.91. The number of halogens is 1. The number of carbonyl (C=O) groups is 1. The molecule has 0 aliphatic heterocycles. The van der Waals surface area contributed by atoms with Crippen LogP contribution in [0.1, 0.15) is 66.2 Å². The first-order valence-corrected chi connectivity index (χ1v) is 9.74. The van der Waals surface area contributed by atoms with Crippen LogP contribution in [0.25, 0.3) is 0 Å². The topological polar surface area (TPSA) is 37.3 Å². The molecule has 3 unspecified atom stereocenters. The van der Waals surface area contributed by atoms with Crippen molar-refractivity contribution in [3.63, 3.8) is 0 Å². The van der Waals surface area contributed by atoms with Crippen LogP contribution in [0.2, 0.25) is 0 Å². The third-order valence-electron chi connectivity index (χ3n) is 7.50. The molecule has 21 heavy (non-hydrogen) atoms. The molecule has 3 saturated carbocycles. The van der Waals surface area contributed by atoms with Crippen LogP contribution in [0, 0.1) is 28.1 Å². The van der Waals surface area contributed by atoms with E-state index in [1.54, 1.807) is 0 Å². The molecule has 3 heteroatoms. The Hall–Kier alpha value is 0.360. The van der Waals surface area contributed by atoms with Crippen molar-refractivity contribution in [2.45, 2.75) is 76.2 Å². The fourth-order valence-electron chi connectivity index (χ4n) is 5.63. The van der Waals surface area contributed by atoms with Crippen molar-refractivity contribution in [3.05, 3.63) is 0 Å². The van der Waals surface area contributed by atoms with E-state index in [0.29, 0.717) is 11.7 Å². The van der Waals surface area contributed by atoms with Crippen LogP contribution in [0.4, 0.5) is 0 Å². The van der Waals surface area contributed by atoms with Crippen molar-refractivity contribution in [2.75, 3.05) is 0 Å². The number of aliphatic hydroxyl groups is 1. The van der Waals surface area contributed by atoms with E-state index < -0.39 is 0 Å². The highest BCUT2D eigenvalue weighted by molar-refractivity contribution is 14.1. The summed E-state index contributed by atoms with van der Waals surface area (Å²) in [7, 11) is 0. The van der Waals surface area contributed by atoms with Crippen LogP contribution >= 0.6 is 22.6 Å². The lowest BCUT2D eigenvalue weighted by Gasteiger charge is -2.59. The molecule has 0 aromatic rings. The molecule has 0 spiro atoms. The Kier molecular flexibility index (Phi) is 3.81. The Bertz CT molecular complexity index is 460. The number of hydrogen-bond donors (Lipinski definition) is 1. The highest BCUT2D eigenvalue weighted by atomic mass is 127. The molecule has 0 amide bonds. The molecular weight excluding hydrogens is 375 g/mol. The molecular formula is C18H29IO2. The first-order chi connectivity index (χ1) is 9.65. The Balaban J connectivity index is 2.14. The fraction of sp³-hybridized carbons (Fsp3) is 0.944. The van der Waals surface area contributed by atoms with Gasteiger partial charge in [0.2, 0.25) is 0 Å². The molecule has 3 aliphatic carbocycles. The van der Waals surface area contributed by atoms with Crippen molar-refractivity contribution in [1.29, 1.82) is 0 Å². The van der Waals surface area contributed by atoms with E-state index in [1.165, 1.54) is 6.42 Å². The largest absolute Gasteiger partial charge is 0.391 e. The van der Waals surface area contributed by atoms with Gasteiger partial charge in [-0.1, -0.05) is 50.3 Å². The molecule has 2 bridgehead atoms. The zero-order valence-electron chi connectivity index (χ0n) is 13.8. The van der Waals surface area contributed by atoms with Crippen molar-refractivity contribution >= 4 is 28.4 Å². The molecule has 0 radical (unpaired) electrons. The summed E-state index contributed by atoms with van der Waals surface area (Å²) in [5.74, 6) is 1.28. The first-order valence-electron chi connectivity index (χ1n) is 8.50. The van der Waals surface area contributed by atoms with Crippen LogP contribution in [0.15, 0.2) is 0 Å². The van der Waals surface area contributed by atoms with E-state index in [2.05, 4.69) is 50.3 Å². The minimum Gasteiger partial charge on any atom is -0.391 e. The minimum absolute atomic E-state index is 0.0478. The van der Waals surface area contributed by atoms with Crippen molar-refractivity contribution in [3.8, 4) is 0 Å². The summed E-state index contributed by atoms with van der Waals surface area (Å²) in [5, 5.41) is 11.0. The number of alkyl halides is 1. The maximum Gasteiger partial charge on any atom is 0.137 e. The standard InChI is InChI=1S/C18H29IO2/c1-11-5-7-18-8-6-12(20)13(18)17(11,4)10-9-16(2,3)15(21)14(18)19/h11,13-15,21H,5-10H2,1-4H3/t11?,13?,14-,15-,17+,18?/m0/s1. The van der Waals surface area contributed by atoms with E-state index >= 15 is 0 Å². The Morgan fingerprint density at radius 2 is 1.81 bits per heavy atom. The van der Waals surface area contributed by atoms with Crippen LogP contribution < -0.4 is 0 Å². The Labute approximate surface area is 142 Å². The van der Waals surface area contributed by atoms with E-state index in [4.69, 9.17) is 0 Å². The van der Waals surface area contributed by atoms with Crippen molar-refractivity contribution < 1.29 is 9.90 Å². The molecule has 6 atom stereocenters. The van der Waals surface area contributed by atoms with Gasteiger partial charge < -0.3 is 5.11 Å². The highest BCUT2D eigenvalue weighted by Crippen LogP contribution is 2.67. The van der Waals surface area contributed by atoms with Gasteiger partial charge in [0.1, 0.15) is 5.78 Å². The minimum atomic E-state index is -0.301. The summed E-state index contributed by atoms with van der Waals surface area (Å²) in [4.78, 5) is 12.8. The maximum absolute atomic E-state index is 12.8. The third-order valence-corrected chi connectivity index (χ3v) is 9.42. The number of Topliss-reactive ketones (excluding diaryl/α,β-unsaturated/α-hetero) is 1. The van der Waals surface area contributed by atoms with Gasteiger partial charge in [0.15, 0.2) is 0 Å². The highest BCUT2D eigenvalue weighted by Gasteiger charge is 2.65. The predicted molar refractivity (Wildman–Crippen MR) is 93.5 cm³/mol. The molecule has 0 aromatic heterocycles. The Morgan fingerprint density at radius 1 is 1.14 bits per heavy atom. The molecule has 3 rings (SSSR count). The number of hydrogen-bond acceptors (Lipinski definition) is 2. The maximum atomic E-state index is 12.8. The quantitative estimate of drug-likeness (QED) is 0.481. The third kappa shape index (κ3) is 2.09. The molecule has 3 aliphatic rings. The molecule has 0 saturated heterocycles. The number of carbonyl (C=O) groups excluding carboxylic acids is 1. The van der Waals surface area contributed by atoms with Gasteiger partial charge in [-0.3, -0.25) is 4.79 Å². The summed E-state index contributed by atoms with van der Waals surface area (Å²) in [6.45, 7) is 9.14. The van der Waals surface area contributed by atoms with Gasteiger partial charge in [0.25, 0.3) is 0 Å². The molecule has 120 valence electrons.